The van der Waals surface area contributed by atoms with Gasteiger partial charge in [0.05, 0.1) is 6.61 Å². The lowest BCUT2D eigenvalue weighted by molar-refractivity contribution is -0.0768. The predicted octanol–water partition coefficient (Wildman–Crippen LogP) is 1.18. The monoisotopic (exact) mass is 505 g/mol. The summed E-state index contributed by atoms with van der Waals surface area (Å²) in [6.07, 6.45) is 1.30. The molecule has 0 aromatic carbocycles. The molecule has 1 aromatic rings. The quantitative estimate of drug-likeness (QED) is 0.222. The van der Waals surface area contributed by atoms with Gasteiger partial charge in [-0.15, -0.1) is 0 Å². The van der Waals surface area contributed by atoms with Crippen LogP contribution < -0.4 is 11.4 Å². The van der Waals surface area contributed by atoms with E-state index < -0.39 is 47.6 Å². The second-order valence-electron chi connectivity index (χ2n) is 6.47. The Hall–Kier alpha value is -1.21. The molecule has 1 saturated heterocycles. The molecule has 1 aliphatic rings. The van der Waals surface area contributed by atoms with E-state index in [1.54, 1.807) is 6.92 Å². The fraction of sp³-hybridized carbons (Fsp3) is 0.538. The van der Waals surface area contributed by atoms with Gasteiger partial charge in [0.2, 0.25) is 0 Å². The molecule has 2 heterocycles. The molecule has 176 valence electrons. The van der Waals surface area contributed by atoms with Crippen molar-refractivity contribution >= 4 is 29.3 Å². The Morgan fingerprint density at radius 3 is 2.52 bits per heavy atom. The Morgan fingerprint density at radius 2 is 1.97 bits per heavy atom. The number of ether oxygens (including phenoxy) is 1. The molecule has 0 radical (unpaired) electrons. The number of phosphoric ester groups is 1. The molecule has 1 fully saturated rings. The van der Waals surface area contributed by atoms with Gasteiger partial charge >= 0.3 is 29.2 Å². The number of nitrogen functional groups attached to an aromatic ring is 1. The van der Waals surface area contributed by atoms with Crippen molar-refractivity contribution in [2.75, 3.05) is 12.3 Å². The molecule has 0 amide bonds. The molecule has 1 aromatic heterocycles. The van der Waals surface area contributed by atoms with Gasteiger partial charge in [0.1, 0.15) is 17.6 Å². The number of phosphoric acid groups is 3. The molecule has 1 aliphatic heterocycles. The predicted molar refractivity (Wildman–Crippen MR) is 104 cm³/mol. The zero-order chi connectivity index (χ0) is 23.7. The fourth-order valence-electron chi connectivity index (χ4n) is 2.86. The van der Waals surface area contributed by atoms with Crippen molar-refractivity contribution in [1.29, 1.82) is 0 Å². The lowest BCUT2D eigenvalue weighted by Crippen LogP contribution is -2.37. The SMILES string of the molecule is C=C(CC)[C@@]1(COP(=O)(O)OP(=O)(O)OP(=O)(O)O)CC[C@H](n2ccc(N)nc2=O)O1. The zero-order valence-corrected chi connectivity index (χ0v) is 18.8. The average Bonchev–Trinajstić information content (AvgIpc) is 3.01. The van der Waals surface area contributed by atoms with Crippen LogP contribution in [0.15, 0.2) is 29.2 Å². The van der Waals surface area contributed by atoms with Crippen LogP contribution in [0.3, 0.4) is 0 Å². The van der Waals surface area contributed by atoms with Crippen molar-refractivity contribution < 1.29 is 51.2 Å². The third-order valence-corrected chi connectivity index (χ3v) is 8.05. The molecule has 0 bridgehead atoms. The number of hydrogen-bond acceptors (Lipinski definition) is 10. The van der Waals surface area contributed by atoms with Gasteiger partial charge in [-0.05, 0) is 30.9 Å². The van der Waals surface area contributed by atoms with Crippen LogP contribution in [0.5, 0.6) is 0 Å². The van der Waals surface area contributed by atoms with Gasteiger partial charge in [-0.25, -0.2) is 18.5 Å². The van der Waals surface area contributed by atoms with Crippen molar-refractivity contribution in [2.45, 2.75) is 38.0 Å². The molecule has 15 nitrogen and oxygen atoms in total. The molecule has 0 aliphatic carbocycles. The summed E-state index contributed by atoms with van der Waals surface area (Å²) in [6.45, 7) is 4.87. The lowest BCUT2D eigenvalue weighted by Gasteiger charge is -2.31. The van der Waals surface area contributed by atoms with E-state index in [-0.39, 0.29) is 18.7 Å². The summed E-state index contributed by atoms with van der Waals surface area (Å²) in [5.74, 6) is 0.0103. The molecule has 2 rings (SSSR count). The topological polar surface area (TPSA) is 230 Å². The Labute approximate surface area is 175 Å². The van der Waals surface area contributed by atoms with Crippen LogP contribution in [-0.2, 0) is 31.6 Å². The van der Waals surface area contributed by atoms with E-state index in [1.807, 2.05) is 0 Å². The molecule has 0 saturated carbocycles. The summed E-state index contributed by atoms with van der Waals surface area (Å²) >= 11 is 0. The maximum atomic E-state index is 12.1. The molecule has 18 heteroatoms. The maximum Gasteiger partial charge on any atom is 0.490 e. The molecule has 6 N–H and O–H groups in total. The fourth-order valence-corrected chi connectivity index (χ4v) is 5.92. The Bertz CT molecular complexity index is 1040. The van der Waals surface area contributed by atoms with E-state index in [0.717, 1.165) is 4.57 Å². The first-order chi connectivity index (χ1) is 14.1. The van der Waals surface area contributed by atoms with Crippen molar-refractivity contribution in [3.8, 4) is 0 Å². The summed E-state index contributed by atoms with van der Waals surface area (Å²) in [7, 11) is -16.5. The van der Waals surface area contributed by atoms with Crippen LogP contribution in [0.25, 0.3) is 0 Å². The number of aromatic nitrogens is 2. The second-order valence-corrected chi connectivity index (χ2v) is 10.9. The van der Waals surface area contributed by atoms with Crippen LogP contribution in [0, 0.1) is 0 Å². The first kappa shape index (κ1) is 26.0. The number of anilines is 1. The number of nitrogens with two attached hydrogens (primary N) is 1. The van der Waals surface area contributed by atoms with Gasteiger partial charge in [0, 0.05) is 6.20 Å². The zero-order valence-electron chi connectivity index (χ0n) is 16.1. The van der Waals surface area contributed by atoms with Crippen LogP contribution >= 0.6 is 23.5 Å². The van der Waals surface area contributed by atoms with E-state index in [1.165, 1.54) is 12.3 Å². The van der Waals surface area contributed by atoms with E-state index in [0.29, 0.717) is 12.0 Å². The number of rotatable bonds is 10. The minimum atomic E-state index is -5.65. The number of nitrogens with zero attached hydrogens (tertiary/aromatic N) is 2. The molecule has 31 heavy (non-hydrogen) atoms. The van der Waals surface area contributed by atoms with Crippen molar-refractivity contribution in [1.82, 2.24) is 9.55 Å². The van der Waals surface area contributed by atoms with Crippen molar-refractivity contribution in [3.63, 3.8) is 0 Å². The highest BCUT2D eigenvalue weighted by Gasteiger charge is 2.47. The highest BCUT2D eigenvalue weighted by atomic mass is 31.3. The Balaban J connectivity index is 2.18. The lowest BCUT2D eigenvalue weighted by atomic mass is 9.91. The summed E-state index contributed by atoms with van der Waals surface area (Å²) in [6, 6.07) is 1.38. The van der Waals surface area contributed by atoms with E-state index in [4.69, 9.17) is 24.8 Å². The summed E-state index contributed by atoms with van der Waals surface area (Å²) in [4.78, 5) is 51.8. The number of hydrogen-bond donors (Lipinski definition) is 5. The summed E-state index contributed by atoms with van der Waals surface area (Å²) < 4.78 is 53.4. The van der Waals surface area contributed by atoms with Gasteiger partial charge in [-0.1, -0.05) is 13.5 Å². The van der Waals surface area contributed by atoms with Crippen LogP contribution in [0.4, 0.5) is 5.82 Å². The third kappa shape index (κ3) is 7.14. The van der Waals surface area contributed by atoms with E-state index in [9.17, 15) is 28.3 Å². The van der Waals surface area contributed by atoms with Gasteiger partial charge in [-0.3, -0.25) is 9.09 Å². The van der Waals surface area contributed by atoms with Gasteiger partial charge < -0.3 is 30.0 Å². The third-order valence-electron chi connectivity index (χ3n) is 4.27. The summed E-state index contributed by atoms with van der Waals surface area (Å²) in [5.41, 5.74) is 3.81. The van der Waals surface area contributed by atoms with Crippen LogP contribution in [-0.4, -0.2) is 41.3 Å². The normalized spacial score (nSPS) is 25.6. The molecule has 4 atom stereocenters. The largest absolute Gasteiger partial charge is 0.490 e. The Kier molecular flexibility index (Phi) is 7.85. The van der Waals surface area contributed by atoms with Gasteiger partial charge in [0.25, 0.3) is 0 Å². The van der Waals surface area contributed by atoms with Crippen molar-refractivity contribution in [2.24, 2.45) is 0 Å². The van der Waals surface area contributed by atoms with Crippen molar-refractivity contribution in [3.05, 3.63) is 34.9 Å². The van der Waals surface area contributed by atoms with Crippen LogP contribution in [0.2, 0.25) is 0 Å². The first-order valence-electron chi connectivity index (χ1n) is 8.57. The minimum absolute atomic E-state index is 0.0103. The molecule has 0 spiro atoms. The molecular formula is C13H22N3O12P3. The highest BCUT2D eigenvalue weighted by Crippen LogP contribution is 2.66. The van der Waals surface area contributed by atoms with Gasteiger partial charge in [0.15, 0.2) is 0 Å². The first-order valence-corrected chi connectivity index (χ1v) is 13.1. The summed E-state index contributed by atoms with van der Waals surface area (Å²) in [5, 5.41) is 0. The van der Waals surface area contributed by atoms with Crippen LogP contribution in [0.1, 0.15) is 32.4 Å². The standard InChI is InChI=1S/C13H22N3O12P3/c1-3-9(2)13(6-4-11(26-13)16-7-5-10(14)15-12(16)17)8-25-30(21,22)28-31(23,24)27-29(18,19)20/h5,7,11H,2-4,6,8H2,1H3,(H,21,22)(H,23,24)(H2,14,15,17)(H2,18,19,20)/t11-,13+/m1/s1. The highest BCUT2D eigenvalue weighted by molar-refractivity contribution is 7.66. The molecule has 2 unspecified atom stereocenters. The Morgan fingerprint density at radius 1 is 1.32 bits per heavy atom. The van der Waals surface area contributed by atoms with Gasteiger partial charge in [-0.2, -0.15) is 13.6 Å². The maximum absolute atomic E-state index is 12.1. The second kappa shape index (κ2) is 9.34. The average molecular weight is 505 g/mol. The van der Waals surface area contributed by atoms with E-state index in [2.05, 4.69) is 20.2 Å². The molecular weight excluding hydrogens is 483 g/mol. The smallest absolute Gasteiger partial charge is 0.383 e. The van der Waals surface area contributed by atoms with E-state index >= 15 is 0 Å². The minimum Gasteiger partial charge on any atom is -0.383 e.